The number of benzene rings is 1. The first-order valence-electron chi connectivity index (χ1n) is 10.6. The maximum atomic E-state index is 12.9. The van der Waals surface area contributed by atoms with Gasteiger partial charge in [-0.2, -0.15) is 17.5 Å². The molecule has 0 amide bonds. The number of alkyl halides is 3. The van der Waals surface area contributed by atoms with Crippen molar-refractivity contribution in [3.8, 4) is 11.3 Å². The van der Waals surface area contributed by atoms with Crippen molar-refractivity contribution in [1.29, 1.82) is 0 Å². The van der Waals surface area contributed by atoms with E-state index in [0.29, 0.717) is 29.8 Å². The molecule has 0 N–H and O–H groups in total. The number of Topliss-reactive ketones (excluding diaryl/α,β-unsaturated/α-hetero) is 1. The first-order valence-corrected chi connectivity index (χ1v) is 12.0. The zero-order valence-corrected chi connectivity index (χ0v) is 19.1. The summed E-state index contributed by atoms with van der Waals surface area (Å²) in [5.74, 6) is -0.216. The van der Waals surface area contributed by atoms with E-state index in [1.807, 2.05) is 0 Å². The highest BCUT2D eigenvalue weighted by Crippen LogP contribution is 2.31. The number of ketones is 1. The Morgan fingerprint density at radius 2 is 1.88 bits per heavy atom. The van der Waals surface area contributed by atoms with E-state index >= 15 is 0 Å². The Balaban J connectivity index is 1.44. The average Bonchev–Trinajstić information content (AvgIpc) is 3.47. The predicted octanol–water partition coefficient (Wildman–Crippen LogP) is 3.25. The SMILES string of the molecule is Cn1cnc(S(=O)(=O)N2CCC[C@H]2C(=O)CCc2cc(-c3ccc(C(F)(F)F)cc3)ncn2)c1. The number of sulfonamides is 1. The molecule has 34 heavy (non-hydrogen) atoms. The van der Waals surface area contributed by atoms with Gasteiger partial charge in [-0.3, -0.25) is 4.79 Å². The van der Waals surface area contributed by atoms with Crippen LogP contribution in [0, 0.1) is 0 Å². The Bertz CT molecular complexity index is 1290. The van der Waals surface area contributed by atoms with Crippen molar-refractivity contribution in [2.24, 2.45) is 7.05 Å². The fourth-order valence-corrected chi connectivity index (χ4v) is 5.58. The van der Waals surface area contributed by atoms with Crippen LogP contribution in [-0.2, 0) is 34.5 Å². The molecule has 0 unspecified atom stereocenters. The largest absolute Gasteiger partial charge is 0.416 e. The predicted molar refractivity (Wildman–Crippen MR) is 116 cm³/mol. The standard InChI is InChI=1S/C22H22F3N5O3S/c1-29-12-21(28-14-29)34(32,33)30-10-2-3-19(30)20(31)9-8-17-11-18(27-13-26-17)15-4-6-16(7-5-15)22(23,24)25/h4-7,11-14,19H,2-3,8-10H2,1H3/t19-/m0/s1. The number of nitrogens with zero attached hydrogens (tertiary/aromatic N) is 5. The Kier molecular flexibility index (Phi) is 6.54. The summed E-state index contributed by atoms with van der Waals surface area (Å²) in [6.07, 6.45) is 1.00. The topological polar surface area (TPSA) is 98.1 Å². The van der Waals surface area contributed by atoms with Crippen LogP contribution in [0.3, 0.4) is 0 Å². The van der Waals surface area contributed by atoms with E-state index in [2.05, 4.69) is 15.0 Å². The minimum absolute atomic E-state index is 0.0718. The van der Waals surface area contributed by atoms with Crippen LogP contribution in [0.25, 0.3) is 11.3 Å². The van der Waals surface area contributed by atoms with Crippen LogP contribution in [0.5, 0.6) is 0 Å². The molecule has 1 aliphatic rings. The molecule has 0 radical (unpaired) electrons. The minimum atomic E-state index is -4.42. The molecule has 0 spiro atoms. The molecule has 3 aromatic rings. The van der Waals surface area contributed by atoms with Gasteiger partial charge in [-0.15, -0.1) is 0 Å². The number of aryl methyl sites for hydroxylation is 2. The maximum absolute atomic E-state index is 12.9. The van der Waals surface area contributed by atoms with E-state index < -0.39 is 27.8 Å². The van der Waals surface area contributed by atoms with Crippen LogP contribution in [0.4, 0.5) is 13.2 Å². The first-order chi connectivity index (χ1) is 16.1. The third-order valence-corrected chi connectivity index (χ3v) is 7.48. The van der Waals surface area contributed by atoms with Gasteiger partial charge in [0, 0.05) is 37.5 Å². The molecular weight excluding hydrogens is 471 g/mol. The average molecular weight is 494 g/mol. The van der Waals surface area contributed by atoms with E-state index in [1.54, 1.807) is 13.1 Å². The third kappa shape index (κ3) is 5.02. The fraction of sp³-hybridized carbons (Fsp3) is 0.364. The summed E-state index contributed by atoms with van der Waals surface area (Å²) in [4.78, 5) is 25.1. The lowest BCUT2D eigenvalue weighted by Gasteiger charge is -2.22. The van der Waals surface area contributed by atoms with Crippen LogP contribution >= 0.6 is 0 Å². The van der Waals surface area contributed by atoms with Crippen molar-refractivity contribution >= 4 is 15.8 Å². The number of carbonyl (C=O) groups excluding carboxylic acids is 1. The van der Waals surface area contributed by atoms with Crippen LogP contribution < -0.4 is 0 Å². The number of rotatable bonds is 7. The molecule has 0 bridgehead atoms. The van der Waals surface area contributed by atoms with Gasteiger partial charge in [0.25, 0.3) is 10.0 Å². The number of aromatic nitrogens is 4. The molecule has 0 saturated carbocycles. The lowest BCUT2D eigenvalue weighted by molar-refractivity contribution is -0.137. The summed E-state index contributed by atoms with van der Waals surface area (Å²) >= 11 is 0. The van der Waals surface area contributed by atoms with Gasteiger partial charge < -0.3 is 4.57 Å². The van der Waals surface area contributed by atoms with Gasteiger partial charge in [0.1, 0.15) is 6.33 Å². The van der Waals surface area contributed by atoms with E-state index in [-0.39, 0.29) is 30.2 Å². The van der Waals surface area contributed by atoms with E-state index in [9.17, 15) is 26.4 Å². The number of hydrogen-bond acceptors (Lipinski definition) is 6. The molecule has 180 valence electrons. The van der Waals surface area contributed by atoms with Gasteiger partial charge in [-0.25, -0.2) is 23.4 Å². The maximum Gasteiger partial charge on any atom is 0.416 e. The molecule has 1 atom stereocenters. The second-order valence-corrected chi connectivity index (χ2v) is 9.92. The second kappa shape index (κ2) is 9.26. The molecule has 1 aromatic carbocycles. The lowest BCUT2D eigenvalue weighted by Crippen LogP contribution is -2.40. The van der Waals surface area contributed by atoms with Gasteiger partial charge in [0.2, 0.25) is 0 Å². The molecule has 1 saturated heterocycles. The second-order valence-electron chi connectivity index (χ2n) is 8.09. The molecule has 1 fully saturated rings. The summed E-state index contributed by atoms with van der Waals surface area (Å²) in [5.41, 5.74) is 0.714. The van der Waals surface area contributed by atoms with Gasteiger partial charge in [0.15, 0.2) is 10.8 Å². The molecule has 1 aliphatic heterocycles. The van der Waals surface area contributed by atoms with Crippen molar-refractivity contribution in [1.82, 2.24) is 23.8 Å². The Hall–Kier alpha value is -3.12. The molecule has 0 aliphatic carbocycles. The van der Waals surface area contributed by atoms with Crippen molar-refractivity contribution in [3.63, 3.8) is 0 Å². The first kappa shape index (κ1) is 24.0. The zero-order chi connectivity index (χ0) is 24.5. The highest BCUT2D eigenvalue weighted by Gasteiger charge is 2.40. The fourth-order valence-electron chi connectivity index (χ4n) is 3.93. The van der Waals surface area contributed by atoms with Crippen molar-refractivity contribution in [2.75, 3.05) is 6.54 Å². The van der Waals surface area contributed by atoms with Crippen molar-refractivity contribution in [2.45, 2.75) is 42.9 Å². The Labute approximate surface area is 194 Å². The summed E-state index contributed by atoms with van der Waals surface area (Å²) < 4.78 is 67.0. The molecule has 3 heterocycles. The zero-order valence-electron chi connectivity index (χ0n) is 18.2. The summed E-state index contributed by atoms with van der Waals surface area (Å²) in [6.45, 7) is 0.251. The van der Waals surface area contributed by atoms with Gasteiger partial charge in [-0.1, -0.05) is 12.1 Å². The molecule has 2 aromatic heterocycles. The number of carbonyl (C=O) groups is 1. The minimum Gasteiger partial charge on any atom is -0.339 e. The molecule has 8 nitrogen and oxygen atoms in total. The number of halogens is 3. The van der Waals surface area contributed by atoms with Gasteiger partial charge in [-0.05, 0) is 37.5 Å². The third-order valence-electron chi connectivity index (χ3n) is 5.69. The number of hydrogen-bond donors (Lipinski definition) is 0. The van der Waals surface area contributed by atoms with E-state index in [4.69, 9.17) is 0 Å². The quantitative estimate of drug-likeness (QED) is 0.501. The van der Waals surface area contributed by atoms with Crippen LogP contribution in [-0.4, -0.2) is 50.6 Å². The summed E-state index contributed by atoms with van der Waals surface area (Å²) in [7, 11) is -2.21. The molecule has 12 heteroatoms. The molecule has 4 rings (SSSR count). The number of imidazole rings is 1. The van der Waals surface area contributed by atoms with Crippen molar-refractivity contribution in [3.05, 3.63) is 60.4 Å². The normalized spacial score (nSPS) is 17.2. The lowest BCUT2D eigenvalue weighted by atomic mass is 10.0. The van der Waals surface area contributed by atoms with Crippen molar-refractivity contribution < 1.29 is 26.4 Å². The van der Waals surface area contributed by atoms with Gasteiger partial charge >= 0.3 is 6.18 Å². The van der Waals surface area contributed by atoms with Crippen LogP contribution in [0.2, 0.25) is 0 Å². The smallest absolute Gasteiger partial charge is 0.339 e. The van der Waals surface area contributed by atoms with Gasteiger partial charge in [0.05, 0.1) is 23.6 Å². The Morgan fingerprint density at radius 3 is 2.53 bits per heavy atom. The molecular formula is C22H22F3N5O3S. The van der Waals surface area contributed by atoms with E-state index in [1.165, 1.54) is 39.9 Å². The highest BCUT2D eigenvalue weighted by atomic mass is 32.2. The highest BCUT2D eigenvalue weighted by molar-refractivity contribution is 7.89. The van der Waals surface area contributed by atoms with Crippen LogP contribution in [0.1, 0.15) is 30.5 Å². The monoisotopic (exact) mass is 493 g/mol. The van der Waals surface area contributed by atoms with Crippen LogP contribution in [0.15, 0.2) is 54.2 Å². The summed E-state index contributed by atoms with van der Waals surface area (Å²) in [5, 5.41) is -0.0910. The van der Waals surface area contributed by atoms with E-state index in [0.717, 1.165) is 12.1 Å². The Morgan fingerprint density at radius 1 is 1.15 bits per heavy atom. The summed E-state index contributed by atoms with van der Waals surface area (Å²) in [6, 6.07) is 5.49.